The van der Waals surface area contributed by atoms with Crippen LogP contribution in [0, 0.1) is 17.8 Å². The summed E-state index contributed by atoms with van der Waals surface area (Å²) in [4.78, 5) is 3.94. The average Bonchev–Trinajstić information content (AvgIpc) is 2.89. The van der Waals surface area contributed by atoms with E-state index in [0.717, 1.165) is 25.5 Å². The Morgan fingerprint density at radius 2 is 1.54 bits per heavy atom. The van der Waals surface area contributed by atoms with Crippen LogP contribution in [0.25, 0.3) is 0 Å². The minimum atomic E-state index is -2.62. The number of hydrogen-bond acceptors (Lipinski definition) is 5. The Bertz CT molecular complexity index is 473. The van der Waals surface area contributed by atoms with Gasteiger partial charge in [0.1, 0.15) is 6.10 Å². The van der Waals surface area contributed by atoms with Gasteiger partial charge in [-0.1, -0.05) is 41.5 Å². The second kappa shape index (κ2) is 9.76. The zero-order valence-corrected chi connectivity index (χ0v) is 16.9. The first-order valence-electron chi connectivity index (χ1n) is 9.12. The van der Waals surface area contributed by atoms with Crippen molar-refractivity contribution in [2.45, 2.75) is 71.8 Å². The normalized spacial score (nSPS) is 29.8. The molecule has 3 aliphatic rings. The number of nitrogens with zero attached hydrogens (tertiary/aromatic N) is 1. The van der Waals surface area contributed by atoms with Crippen LogP contribution in [0.4, 0.5) is 0 Å². The predicted octanol–water partition coefficient (Wildman–Crippen LogP) is 3.33. The molecule has 0 N–H and O–H groups in total. The van der Waals surface area contributed by atoms with Crippen LogP contribution in [0.15, 0.2) is 4.99 Å². The minimum absolute atomic E-state index is 0.0301. The molecular formula is C18H35NO4S. The molecule has 0 bridgehead atoms. The van der Waals surface area contributed by atoms with Crippen molar-refractivity contribution < 1.29 is 17.9 Å². The van der Waals surface area contributed by atoms with Crippen molar-refractivity contribution in [2.75, 3.05) is 18.9 Å². The van der Waals surface area contributed by atoms with Gasteiger partial charge in [-0.05, 0) is 30.6 Å². The van der Waals surface area contributed by atoms with Crippen molar-refractivity contribution in [3.63, 3.8) is 0 Å². The Morgan fingerprint density at radius 1 is 0.958 bits per heavy atom. The Kier molecular flexibility index (Phi) is 8.71. The van der Waals surface area contributed by atoms with E-state index in [2.05, 4.69) is 32.7 Å². The fourth-order valence-corrected chi connectivity index (χ4v) is 4.38. The molecule has 0 aromatic heterocycles. The zero-order valence-electron chi connectivity index (χ0n) is 16.1. The summed E-state index contributed by atoms with van der Waals surface area (Å²) in [6.07, 6.45) is 4.62. The maximum absolute atomic E-state index is 10.9. The SMILES string of the molecule is CC(C)C1CCO1.CC(C)C1CCS1(=O)=O.CC(C)C1CN=CO1. The highest BCUT2D eigenvalue weighted by atomic mass is 32.2. The summed E-state index contributed by atoms with van der Waals surface area (Å²) in [7, 11) is -2.62. The minimum Gasteiger partial charge on any atom is -0.478 e. The molecule has 3 rings (SSSR count). The van der Waals surface area contributed by atoms with Crippen molar-refractivity contribution in [2.24, 2.45) is 22.7 Å². The highest BCUT2D eigenvalue weighted by Gasteiger charge is 2.37. The first-order valence-corrected chi connectivity index (χ1v) is 10.8. The van der Waals surface area contributed by atoms with Crippen molar-refractivity contribution >= 4 is 16.2 Å². The fraction of sp³-hybridized carbons (Fsp3) is 0.944. The fourth-order valence-electron chi connectivity index (χ4n) is 2.65. The molecule has 3 unspecified atom stereocenters. The van der Waals surface area contributed by atoms with Gasteiger partial charge < -0.3 is 9.47 Å². The van der Waals surface area contributed by atoms with Gasteiger partial charge in [-0.25, -0.2) is 8.42 Å². The molecule has 24 heavy (non-hydrogen) atoms. The molecule has 142 valence electrons. The summed E-state index contributed by atoms with van der Waals surface area (Å²) in [6.45, 7) is 14.4. The summed E-state index contributed by atoms with van der Waals surface area (Å²) in [5.41, 5.74) is 0. The molecule has 0 amide bonds. The molecule has 0 aromatic rings. The Labute approximate surface area is 148 Å². The van der Waals surface area contributed by atoms with Crippen LogP contribution >= 0.6 is 0 Å². The van der Waals surface area contributed by atoms with Crippen LogP contribution in [-0.4, -0.2) is 51.2 Å². The van der Waals surface area contributed by atoms with E-state index in [0.29, 0.717) is 29.8 Å². The lowest BCUT2D eigenvalue weighted by Crippen LogP contribution is -2.40. The van der Waals surface area contributed by atoms with Gasteiger partial charge in [-0.3, -0.25) is 4.99 Å². The third-order valence-electron chi connectivity index (χ3n) is 4.71. The summed E-state index contributed by atoms with van der Waals surface area (Å²) >= 11 is 0. The molecule has 0 saturated carbocycles. The maximum Gasteiger partial charge on any atom is 0.170 e. The van der Waals surface area contributed by atoms with E-state index in [1.807, 2.05) is 13.8 Å². The molecule has 2 fully saturated rings. The Hall–Kier alpha value is -0.620. The van der Waals surface area contributed by atoms with E-state index in [4.69, 9.17) is 9.47 Å². The molecule has 0 spiro atoms. The van der Waals surface area contributed by atoms with Crippen molar-refractivity contribution in [1.29, 1.82) is 0 Å². The molecule has 3 aliphatic heterocycles. The lowest BCUT2D eigenvalue weighted by Gasteiger charge is -2.29. The van der Waals surface area contributed by atoms with Crippen LogP contribution in [0.3, 0.4) is 0 Å². The number of hydrogen-bond donors (Lipinski definition) is 0. The second-order valence-corrected chi connectivity index (χ2v) is 10.1. The van der Waals surface area contributed by atoms with E-state index in [-0.39, 0.29) is 5.25 Å². The lowest BCUT2D eigenvalue weighted by atomic mass is 10.0. The monoisotopic (exact) mass is 361 g/mol. The van der Waals surface area contributed by atoms with Crippen molar-refractivity contribution in [3.05, 3.63) is 0 Å². The second-order valence-electron chi connectivity index (χ2n) is 7.77. The highest BCUT2D eigenvalue weighted by molar-refractivity contribution is 7.93. The van der Waals surface area contributed by atoms with E-state index in [1.54, 1.807) is 6.40 Å². The first-order chi connectivity index (χ1) is 11.1. The van der Waals surface area contributed by atoms with Gasteiger partial charge >= 0.3 is 0 Å². The number of ether oxygens (including phenoxy) is 2. The number of aliphatic imine (C=N–C) groups is 1. The van der Waals surface area contributed by atoms with Crippen LogP contribution in [-0.2, 0) is 19.3 Å². The standard InChI is InChI=1S/C6H11NO.C6H12O2S.C6H12O/c1-5(2)6-3-7-4-8-6;1-5(2)6-3-4-9(6,7)8;1-5(2)6-3-4-7-6/h4-6H,3H2,1-2H3;5-6H,3-4H2,1-2H3;5-6H,3-4H2,1-2H3. The van der Waals surface area contributed by atoms with E-state index < -0.39 is 9.84 Å². The van der Waals surface area contributed by atoms with Crippen molar-refractivity contribution in [1.82, 2.24) is 0 Å². The van der Waals surface area contributed by atoms with E-state index >= 15 is 0 Å². The van der Waals surface area contributed by atoms with Crippen LogP contribution in [0.1, 0.15) is 54.4 Å². The summed E-state index contributed by atoms with van der Waals surface area (Å²) in [5.74, 6) is 2.05. The first kappa shape index (κ1) is 21.4. The summed E-state index contributed by atoms with van der Waals surface area (Å²) in [6, 6.07) is 0. The van der Waals surface area contributed by atoms with Crippen LogP contribution in [0.2, 0.25) is 0 Å². The molecule has 2 saturated heterocycles. The topological polar surface area (TPSA) is 65.0 Å². The molecule has 0 radical (unpaired) electrons. The predicted molar refractivity (Wildman–Crippen MR) is 99.3 cm³/mol. The zero-order chi connectivity index (χ0) is 18.3. The molecule has 3 atom stereocenters. The van der Waals surface area contributed by atoms with E-state index in [9.17, 15) is 8.42 Å². The largest absolute Gasteiger partial charge is 0.478 e. The van der Waals surface area contributed by atoms with Gasteiger partial charge in [-0.15, -0.1) is 0 Å². The molecule has 6 heteroatoms. The van der Waals surface area contributed by atoms with Crippen LogP contribution in [0.5, 0.6) is 0 Å². The third-order valence-corrected chi connectivity index (χ3v) is 7.22. The van der Waals surface area contributed by atoms with Gasteiger partial charge in [0.2, 0.25) is 0 Å². The smallest absolute Gasteiger partial charge is 0.170 e. The van der Waals surface area contributed by atoms with Gasteiger partial charge in [0.15, 0.2) is 16.2 Å². The molecule has 0 aliphatic carbocycles. The van der Waals surface area contributed by atoms with Crippen molar-refractivity contribution in [3.8, 4) is 0 Å². The Balaban J connectivity index is 0.000000181. The Morgan fingerprint density at radius 3 is 1.62 bits per heavy atom. The molecular weight excluding hydrogens is 326 g/mol. The van der Waals surface area contributed by atoms with Gasteiger partial charge in [0, 0.05) is 6.61 Å². The number of sulfone groups is 1. The summed E-state index contributed by atoms with van der Waals surface area (Å²) in [5, 5.41) is -0.0301. The van der Waals surface area contributed by atoms with Gasteiger partial charge in [-0.2, -0.15) is 0 Å². The van der Waals surface area contributed by atoms with Gasteiger partial charge in [0.25, 0.3) is 0 Å². The quantitative estimate of drug-likeness (QED) is 0.773. The van der Waals surface area contributed by atoms with E-state index in [1.165, 1.54) is 6.42 Å². The van der Waals surface area contributed by atoms with Crippen LogP contribution < -0.4 is 0 Å². The third kappa shape index (κ3) is 6.71. The molecule has 5 nitrogen and oxygen atoms in total. The summed E-state index contributed by atoms with van der Waals surface area (Å²) < 4.78 is 32.0. The average molecular weight is 362 g/mol. The number of rotatable bonds is 3. The maximum atomic E-state index is 10.9. The molecule has 3 heterocycles. The van der Waals surface area contributed by atoms with Gasteiger partial charge in [0.05, 0.1) is 23.7 Å². The lowest BCUT2D eigenvalue weighted by molar-refractivity contribution is -0.0763. The molecule has 0 aromatic carbocycles. The highest BCUT2D eigenvalue weighted by Crippen LogP contribution is 2.26.